The minimum absolute atomic E-state index is 0.0351. The normalized spacial score (nSPS) is 14.2. The van der Waals surface area contributed by atoms with Crippen LogP contribution >= 0.6 is 11.6 Å². The van der Waals surface area contributed by atoms with Gasteiger partial charge in [-0.1, -0.05) is 29.8 Å². The molecule has 0 spiro atoms. The van der Waals surface area contributed by atoms with Crippen LogP contribution in [0.1, 0.15) is 27.3 Å². The fraction of sp³-hybridized carbons (Fsp3) is 0.450. The number of hydrogen-bond acceptors (Lipinski definition) is 4. The molecule has 1 aromatic heterocycles. The molecule has 0 aliphatic carbocycles. The first-order chi connectivity index (χ1) is 13.4. The van der Waals surface area contributed by atoms with Crippen molar-refractivity contribution in [2.24, 2.45) is 0 Å². The first-order valence-corrected chi connectivity index (χ1v) is 9.64. The molecule has 0 radical (unpaired) electrons. The van der Waals surface area contributed by atoms with E-state index < -0.39 is 0 Å². The van der Waals surface area contributed by atoms with Gasteiger partial charge in [-0.05, 0) is 25.5 Å². The number of rotatable bonds is 5. The summed E-state index contributed by atoms with van der Waals surface area (Å²) >= 11 is 6.25. The molecule has 28 heavy (non-hydrogen) atoms. The van der Waals surface area contributed by atoms with Crippen molar-refractivity contribution < 1.29 is 14.3 Å². The lowest BCUT2D eigenvalue weighted by molar-refractivity contribution is -0.135. The SMILES string of the molecule is Cc1nn(Cc2ccccc2Cl)c(C)c1C(=O)N(C)CC(=O)N1CCOCC1. The maximum absolute atomic E-state index is 13.0. The van der Waals surface area contributed by atoms with E-state index >= 15 is 0 Å². The Morgan fingerprint density at radius 3 is 2.57 bits per heavy atom. The van der Waals surface area contributed by atoms with E-state index in [0.717, 1.165) is 11.3 Å². The Morgan fingerprint density at radius 1 is 1.21 bits per heavy atom. The Balaban J connectivity index is 1.73. The summed E-state index contributed by atoms with van der Waals surface area (Å²) in [5, 5.41) is 5.18. The summed E-state index contributed by atoms with van der Waals surface area (Å²) in [5.74, 6) is -0.278. The third kappa shape index (κ3) is 4.36. The van der Waals surface area contributed by atoms with E-state index in [1.807, 2.05) is 31.2 Å². The van der Waals surface area contributed by atoms with Crippen molar-refractivity contribution in [1.82, 2.24) is 19.6 Å². The number of halogens is 1. The largest absolute Gasteiger partial charge is 0.378 e. The number of carbonyl (C=O) groups excluding carboxylic acids is 2. The van der Waals surface area contributed by atoms with Crippen molar-refractivity contribution in [3.05, 3.63) is 51.8 Å². The molecule has 8 heteroatoms. The second-order valence-corrected chi connectivity index (χ2v) is 7.36. The first-order valence-electron chi connectivity index (χ1n) is 9.27. The highest BCUT2D eigenvalue weighted by atomic mass is 35.5. The van der Waals surface area contributed by atoms with Crippen LogP contribution in [0.15, 0.2) is 24.3 Å². The molecule has 1 saturated heterocycles. The van der Waals surface area contributed by atoms with Gasteiger partial charge in [0.15, 0.2) is 0 Å². The van der Waals surface area contributed by atoms with Crippen LogP contribution in [0.2, 0.25) is 5.02 Å². The molecule has 0 atom stereocenters. The minimum Gasteiger partial charge on any atom is -0.378 e. The lowest BCUT2D eigenvalue weighted by Gasteiger charge is -2.28. The maximum atomic E-state index is 13.0. The van der Waals surface area contributed by atoms with Crippen LogP contribution in [0.3, 0.4) is 0 Å². The summed E-state index contributed by atoms with van der Waals surface area (Å²) in [6.07, 6.45) is 0. The second-order valence-electron chi connectivity index (χ2n) is 6.95. The Hall–Kier alpha value is -2.38. The van der Waals surface area contributed by atoms with E-state index in [0.29, 0.717) is 49.1 Å². The van der Waals surface area contributed by atoms with Gasteiger partial charge in [-0.25, -0.2) is 0 Å². The smallest absolute Gasteiger partial charge is 0.257 e. The number of aromatic nitrogens is 2. The van der Waals surface area contributed by atoms with Crippen molar-refractivity contribution >= 4 is 23.4 Å². The van der Waals surface area contributed by atoms with Crippen LogP contribution in [-0.2, 0) is 16.1 Å². The number of ether oxygens (including phenoxy) is 1. The summed E-state index contributed by atoms with van der Waals surface area (Å²) in [5.41, 5.74) is 2.86. The fourth-order valence-corrected chi connectivity index (χ4v) is 3.52. The number of likely N-dealkylation sites (N-methyl/N-ethyl adjacent to an activating group) is 1. The zero-order chi connectivity index (χ0) is 20.3. The van der Waals surface area contributed by atoms with Gasteiger partial charge in [-0.2, -0.15) is 5.10 Å². The highest BCUT2D eigenvalue weighted by Gasteiger charge is 2.25. The quantitative estimate of drug-likeness (QED) is 0.765. The van der Waals surface area contributed by atoms with Crippen molar-refractivity contribution in [3.8, 4) is 0 Å². The topological polar surface area (TPSA) is 67.7 Å². The minimum atomic E-state index is -0.206. The molecule has 1 aromatic carbocycles. The van der Waals surface area contributed by atoms with Gasteiger partial charge in [0.05, 0.1) is 37.6 Å². The molecule has 2 heterocycles. The number of hydrogen-bond donors (Lipinski definition) is 0. The van der Waals surface area contributed by atoms with Crippen molar-refractivity contribution in [1.29, 1.82) is 0 Å². The van der Waals surface area contributed by atoms with Gasteiger partial charge < -0.3 is 14.5 Å². The van der Waals surface area contributed by atoms with Crippen LogP contribution in [0.4, 0.5) is 0 Å². The number of nitrogens with zero attached hydrogens (tertiary/aromatic N) is 4. The molecule has 2 aromatic rings. The van der Waals surface area contributed by atoms with Crippen LogP contribution in [0.5, 0.6) is 0 Å². The molecular formula is C20H25ClN4O3. The lowest BCUT2D eigenvalue weighted by Crippen LogP contribution is -2.46. The average Bonchev–Trinajstić information content (AvgIpc) is 2.96. The van der Waals surface area contributed by atoms with Gasteiger partial charge in [0, 0.05) is 30.9 Å². The number of amides is 2. The van der Waals surface area contributed by atoms with E-state index in [-0.39, 0.29) is 18.4 Å². The zero-order valence-electron chi connectivity index (χ0n) is 16.4. The van der Waals surface area contributed by atoms with Crippen LogP contribution in [0, 0.1) is 13.8 Å². The van der Waals surface area contributed by atoms with Gasteiger partial charge in [0.25, 0.3) is 5.91 Å². The van der Waals surface area contributed by atoms with Gasteiger partial charge in [-0.15, -0.1) is 0 Å². The first kappa shape index (κ1) is 20.4. The summed E-state index contributed by atoms with van der Waals surface area (Å²) in [4.78, 5) is 28.6. The Labute approximate surface area is 169 Å². The third-order valence-corrected chi connectivity index (χ3v) is 5.32. The molecule has 150 valence electrons. The third-order valence-electron chi connectivity index (χ3n) is 4.96. The zero-order valence-corrected chi connectivity index (χ0v) is 17.2. The molecule has 0 bridgehead atoms. The van der Waals surface area contributed by atoms with Gasteiger partial charge in [0.1, 0.15) is 0 Å². The molecular weight excluding hydrogens is 380 g/mol. The van der Waals surface area contributed by atoms with Crippen molar-refractivity contribution in [2.45, 2.75) is 20.4 Å². The van der Waals surface area contributed by atoms with Gasteiger partial charge in [-0.3, -0.25) is 14.3 Å². The van der Waals surface area contributed by atoms with Crippen LogP contribution in [0.25, 0.3) is 0 Å². The predicted molar refractivity (Wildman–Crippen MR) is 107 cm³/mol. The predicted octanol–water partition coefficient (Wildman–Crippen LogP) is 2.13. The highest BCUT2D eigenvalue weighted by Crippen LogP contribution is 2.20. The molecule has 2 amide bonds. The van der Waals surface area contributed by atoms with E-state index in [2.05, 4.69) is 5.10 Å². The molecule has 0 saturated carbocycles. The maximum Gasteiger partial charge on any atom is 0.257 e. The van der Waals surface area contributed by atoms with Gasteiger partial charge >= 0.3 is 0 Å². The van der Waals surface area contributed by atoms with Gasteiger partial charge in [0.2, 0.25) is 5.91 Å². The van der Waals surface area contributed by atoms with Crippen LogP contribution < -0.4 is 0 Å². The van der Waals surface area contributed by atoms with E-state index in [9.17, 15) is 9.59 Å². The molecule has 1 aliphatic rings. The number of aryl methyl sites for hydroxylation is 1. The summed E-state index contributed by atoms with van der Waals surface area (Å²) in [6.45, 7) is 6.39. The summed E-state index contributed by atoms with van der Waals surface area (Å²) in [7, 11) is 1.64. The van der Waals surface area contributed by atoms with Crippen molar-refractivity contribution in [3.63, 3.8) is 0 Å². The molecule has 0 N–H and O–H groups in total. The monoisotopic (exact) mass is 404 g/mol. The van der Waals surface area contributed by atoms with Crippen LogP contribution in [-0.4, -0.2) is 71.3 Å². The van der Waals surface area contributed by atoms with E-state index in [1.54, 1.807) is 23.6 Å². The average molecular weight is 405 g/mol. The van der Waals surface area contributed by atoms with E-state index in [4.69, 9.17) is 16.3 Å². The molecule has 7 nitrogen and oxygen atoms in total. The van der Waals surface area contributed by atoms with Crippen molar-refractivity contribution in [2.75, 3.05) is 39.9 Å². The molecule has 0 unspecified atom stereocenters. The summed E-state index contributed by atoms with van der Waals surface area (Å²) in [6, 6.07) is 7.57. The fourth-order valence-electron chi connectivity index (χ4n) is 3.33. The molecule has 1 fully saturated rings. The summed E-state index contributed by atoms with van der Waals surface area (Å²) < 4.78 is 7.05. The standard InChI is InChI=1S/C20H25ClN4O3/c1-14-19(15(2)25(22-14)12-16-6-4-5-7-17(16)21)20(27)23(3)13-18(26)24-8-10-28-11-9-24/h4-7H,8-13H2,1-3H3. The Bertz CT molecular complexity index is 874. The number of carbonyl (C=O) groups is 2. The Morgan fingerprint density at radius 2 is 1.89 bits per heavy atom. The molecule has 1 aliphatic heterocycles. The number of benzene rings is 1. The number of morpholine rings is 1. The lowest BCUT2D eigenvalue weighted by atomic mass is 10.1. The second kappa shape index (κ2) is 8.75. The Kier molecular flexibility index (Phi) is 6.36. The van der Waals surface area contributed by atoms with E-state index in [1.165, 1.54) is 4.90 Å². The molecule has 3 rings (SSSR count). The highest BCUT2D eigenvalue weighted by molar-refractivity contribution is 6.31.